The summed E-state index contributed by atoms with van der Waals surface area (Å²) in [6.07, 6.45) is 3.67. The van der Waals surface area contributed by atoms with Crippen molar-refractivity contribution in [1.29, 1.82) is 0 Å². The number of halogens is 2. The molecule has 1 N–H and O–H groups in total. The highest BCUT2D eigenvalue weighted by atomic mass is 35.5. The van der Waals surface area contributed by atoms with Crippen LogP contribution in [0.1, 0.15) is 19.3 Å². The number of thiocarbonyl (C=S) groups is 1. The minimum absolute atomic E-state index is 0.594. The topological polar surface area (TPSA) is 15.3 Å². The van der Waals surface area contributed by atoms with Crippen LogP contribution < -0.4 is 5.32 Å². The van der Waals surface area contributed by atoms with Crippen LogP contribution in [0.15, 0.2) is 18.2 Å². The Bertz CT molecular complexity index is 397. The van der Waals surface area contributed by atoms with Crippen LogP contribution in [0.3, 0.4) is 0 Å². The first-order chi connectivity index (χ1) is 8.18. The lowest BCUT2D eigenvalue weighted by molar-refractivity contribution is 0.346. The second-order valence-electron chi connectivity index (χ2n) is 4.07. The number of rotatable bonds is 1. The Morgan fingerprint density at radius 2 is 1.71 bits per heavy atom. The first kappa shape index (κ1) is 12.9. The van der Waals surface area contributed by atoms with Crippen molar-refractivity contribution in [2.24, 2.45) is 0 Å². The summed E-state index contributed by atoms with van der Waals surface area (Å²) in [6, 6.07) is 5.42. The summed E-state index contributed by atoms with van der Waals surface area (Å²) in [5, 5.41) is 5.04. The highest BCUT2D eigenvalue weighted by Gasteiger charge is 2.15. The molecule has 1 aliphatic heterocycles. The number of hydrogen-bond acceptors (Lipinski definition) is 1. The Balaban J connectivity index is 2.07. The third-order valence-corrected chi connectivity index (χ3v) is 3.83. The number of nitrogens with one attached hydrogen (secondary N) is 1. The fourth-order valence-electron chi connectivity index (χ4n) is 1.90. The van der Waals surface area contributed by atoms with Gasteiger partial charge in [-0.05, 0) is 43.6 Å². The van der Waals surface area contributed by atoms with Gasteiger partial charge in [0, 0.05) is 13.1 Å². The van der Waals surface area contributed by atoms with Gasteiger partial charge in [-0.3, -0.25) is 0 Å². The lowest BCUT2D eigenvalue weighted by Gasteiger charge is -2.29. The van der Waals surface area contributed by atoms with E-state index >= 15 is 0 Å². The average Bonchev–Trinajstić information content (AvgIpc) is 2.35. The van der Waals surface area contributed by atoms with Crippen molar-refractivity contribution in [3.63, 3.8) is 0 Å². The van der Waals surface area contributed by atoms with Gasteiger partial charge in [0.25, 0.3) is 0 Å². The highest BCUT2D eigenvalue weighted by Crippen LogP contribution is 2.30. The molecule has 0 unspecified atom stereocenters. The van der Waals surface area contributed by atoms with Gasteiger partial charge < -0.3 is 10.2 Å². The predicted molar refractivity (Wildman–Crippen MR) is 78.1 cm³/mol. The van der Waals surface area contributed by atoms with Crippen molar-refractivity contribution in [3.05, 3.63) is 28.2 Å². The molecule has 0 radical (unpaired) electrons. The van der Waals surface area contributed by atoms with Gasteiger partial charge in [-0.25, -0.2) is 0 Å². The molecule has 1 heterocycles. The molecule has 0 bridgehead atoms. The monoisotopic (exact) mass is 288 g/mol. The smallest absolute Gasteiger partial charge is 0.173 e. The van der Waals surface area contributed by atoms with Gasteiger partial charge in [-0.1, -0.05) is 29.3 Å². The molecular formula is C12H14Cl2N2S. The molecule has 0 aliphatic carbocycles. The number of para-hydroxylation sites is 1. The molecule has 2 rings (SSSR count). The molecule has 92 valence electrons. The molecule has 0 saturated carbocycles. The molecule has 5 heteroatoms. The molecule has 0 amide bonds. The Hall–Kier alpha value is -0.510. The van der Waals surface area contributed by atoms with E-state index in [9.17, 15) is 0 Å². The zero-order valence-electron chi connectivity index (χ0n) is 9.38. The summed E-state index contributed by atoms with van der Waals surface area (Å²) in [4.78, 5) is 2.17. The lowest BCUT2D eigenvalue weighted by Crippen LogP contribution is -2.38. The van der Waals surface area contributed by atoms with Gasteiger partial charge in [-0.2, -0.15) is 0 Å². The zero-order chi connectivity index (χ0) is 12.3. The van der Waals surface area contributed by atoms with E-state index in [0.717, 1.165) is 13.1 Å². The third-order valence-electron chi connectivity index (χ3n) is 2.84. The maximum atomic E-state index is 6.09. The Morgan fingerprint density at radius 1 is 1.12 bits per heavy atom. The van der Waals surface area contributed by atoms with Gasteiger partial charge in [0.2, 0.25) is 0 Å². The standard InChI is InChI=1S/C12H14Cl2N2S/c13-9-5-4-6-10(14)11(9)15-12(17)16-7-2-1-3-8-16/h4-6H,1-3,7-8H2,(H,15,17). The molecule has 1 saturated heterocycles. The molecule has 2 nitrogen and oxygen atoms in total. The maximum Gasteiger partial charge on any atom is 0.173 e. The van der Waals surface area contributed by atoms with Crippen molar-refractivity contribution in [1.82, 2.24) is 4.90 Å². The van der Waals surface area contributed by atoms with Gasteiger partial charge in [-0.15, -0.1) is 0 Å². The van der Waals surface area contributed by atoms with Gasteiger partial charge in [0.1, 0.15) is 0 Å². The molecule has 0 aromatic heterocycles. The van der Waals surface area contributed by atoms with Crippen LogP contribution in [-0.4, -0.2) is 23.1 Å². The van der Waals surface area contributed by atoms with Crippen molar-refractivity contribution < 1.29 is 0 Å². The Morgan fingerprint density at radius 3 is 2.29 bits per heavy atom. The largest absolute Gasteiger partial charge is 0.349 e. The van der Waals surface area contributed by atoms with Crippen LogP contribution in [0.5, 0.6) is 0 Å². The van der Waals surface area contributed by atoms with Crippen molar-refractivity contribution in [3.8, 4) is 0 Å². The number of benzene rings is 1. The van der Waals surface area contributed by atoms with Crippen LogP contribution >= 0.6 is 35.4 Å². The molecule has 17 heavy (non-hydrogen) atoms. The second kappa shape index (κ2) is 5.89. The third kappa shape index (κ3) is 3.24. The quantitative estimate of drug-likeness (QED) is 0.781. The van der Waals surface area contributed by atoms with E-state index in [1.54, 1.807) is 12.1 Å². The minimum Gasteiger partial charge on any atom is -0.349 e. The van der Waals surface area contributed by atoms with Gasteiger partial charge in [0.15, 0.2) is 5.11 Å². The van der Waals surface area contributed by atoms with Crippen LogP contribution in [0, 0.1) is 0 Å². The Labute approximate surface area is 117 Å². The van der Waals surface area contributed by atoms with Crippen LogP contribution in [-0.2, 0) is 0 Å². The molecule has 1 aromatic rings. The van der Waals surface area contributed by atoms with Crippen molar-refractivity contribution in [2.45, 2.75) is 19.3 Å². The summed E-state index contributed by atoms with van der Waals surface area (Å²) < 4.78 is 0. The first-order valence-corrected chi connectivity index (χ1v) is 6.85. The van der Waals surface area contributed by atoms with Crippen LogP contribution in [0.25, 0.3) is 0 Å². The summed E-state index contributed by atoms with van der Waals surface area (Å²) in [7, 11) is 0. The summed E-state index contributed by atoms with van der Waals surface area (Å²) in [6.45, 7) is 2.02. The van der Waals surface area contributed by atoms with E-state index < -0.39 is 0 Å². The molecule has 0 atom stereocenters. The summed E-state index contributed by atoms with van der Waals surface area (Å²) >= 11 is 17.5. The fourth-order valence-corrected chi connectivity index (χ4v) is 2.68. The maximum absolute atomic E-state index is 6.09. The molecule has 1 fully saturated rings. The number of likely N-dealkylation sites (tertiary alicyclic amines) is 1. The molecule has 0 spiro atoms. The highest BCUT2D eigenvalue weighted by molar-refractivity contribution is 7.80. The van der Waals surface area contributed by atoms with Gasteiger partial charge in [0.05, 0.1) is 15.7 Å². The average molecular weight is 289 g/mol. The van der Waals surface area contributed by atoms with Gasteiger partial charge >= 0.3 is 0 Å². The first-order valence-electron chi connectivity index (χ1n) is 5.68. The minimum atomic E-state index is 0.594. The number of piperidine rings is 1. The van der Waals surface area contributed by atoms with E-state index in [1.165, 1.54) is 19.3 Å². The SMILES string of the molecule is S=C(Nc1c(Cl)cccc1Cl)N1CCCCC1. The zero-order valence-corrected chi connectivity index (χ0v) is 11.7. The fraction of sp³-hybridized carbons (Fsp3) is 0.417. The van der Waals surface area contributed by atoms with Crippen LogP contribution in [0.4, 0.5) is 5.69 Å². The number of hydrogen-bond donors (Lipinski definition) is 1. The van der Waals surface area contributed by atoms with Crippen molar-refractivity contribution >= 4 is 46.2 Å². The van der Waals surface area contributed by atoms with E-state index in [2.05, 4.69) is 10.2 Å². The van der Waals surface area contributed by atoms with E-state index in [1.807, 2.05) is 6.07 Å². The number of anilines is 1. The van der Waals surface area contributed by atoms with E-state index in [-0.39, 0.29) is 0 Å². The van der Waals surface area contributed by atoms with Crippen LogP contribution in [0.2, 0.25) is 10.0 Å². The number of nitrogens with zero attached hydrogens (tertiary/aromatic N) is 1. The summed E-state index contributed by atoms with van der Waals surface area (Å²) in [5.74, 6) is 0. The lowest BCUT2D eigenvalue weighted by atomic mass is 10.1. The van der Waals surface area contributed by atoms with Crippen molar-refractivity contribution in [2.75, 3.05) is 18.4 Å². The normalized spacial score (nSPS) is 15.8. The predicted octanol–water partition coefficient (Wildman–Crippen LogP) is 4.18. The second-order valence-corrected chi connectivity index (χ2v) is 5.28. The molecule has 1 aliphatic rings. The Kier molecular flexibility index (Phi) is 4.48. The molecular weight excluding hydrogens is 275 g/mol. The molecule has 1 aromatic carbocycles. The summed E-state index contributed by atoms with van der Waals surface area (Å²) in [5.41, 5.74) is 0.700. The van der Waals surface area contributed by atoms with E-state index in [4.69, 9.17) is 35.4 Å². The van der Waals surface area contributed by atoms with E-state index in [0.29, 0.717) is 20.8 Å².